The molecule has 32 heavy (non-hydrogen) atoms. The van der Waals surface area contributed by atoms with E-state index < -0.39 is 0 Å². The predicted molar refractivity (Wildman–Crippen MR) is 125 cm³/mol. The van der Waals surface area contributed by atoms with E-state index in [1.54, 1.807) is 40.9 Å². The summed E-state index contributed by atoms with van der Waals surface area (Å²) in [5, 5.41) is 9.11. The van der Waals surface area contributed by atoms with Crippen LogP contribution in [0.15, 0.2) is 54.7 Å². The van der Waals surface area contributed by atoms with E-state index >= 15 is 0 Å². The average Bonchev–Trinajstić information content (AvgIpc) is 3.36. The number of carbonyl (C=O) groups excluding carboxylic acids is 1. The predicted octanol–water partition coefficient (Wildman–Crippen LogP) is 4.01. The van der Waals surface area contributed by atoms with E-state index in [4.69, 9.17) is 11.6 Å². The molecule has 1 N–H and O–H groups in total. The van der Waals surface area contributed by atoms with E-state index in [9.17, 15) is 9.18 Å². The molecule has 1 aliphatic rings. The second-order valence-corrected chi connectivity index (χ2v) is 8.93. The summed E-state index contributed by atoms with van der Waals surface area (Å²) in [7, 11) is 0. The minimum Gasteiger partial charge on any atom is -0.344 e. The van der Waals surface area contributed by atoms with Crippen molar-refractivity contribution in [1.29, 1.82) is 0 Å². The van der Waals surface area contributed by atoms with Crippen molar-refractivity contribution in [3.05, 3.63) is 65.6 Å². The van der Waals surface area contributed by atoms with Gasteiger partial charge in [0.25, 0.3) is 0 Å². The summed E-state index contributed by atoms with van der Waals surface area (Å²) in [6, 6.07) is 13.4. The Labute approximate surface area is 193 Å². The molecule has 0 spiro atoms. The summed E-state index contributed by atoms with van der Waals surface area (Å²) < 4.78 is 14.9. The molecule has 1 saturated heterocycles. The van der Waals surface area contributed by atoms with E-state index in [2.05, 4.69) is 25.2 Å². The molecular weight excluding hydrogens is 451 g/mol. The van der Waals surface area contributed by atoms with Crippen molar-refractivity contribution in [2.24, 2.45) is 0 Å². The first-order valence-electron chi connectivity index (χ1n) is 10.2. The van der Waals surface area contributed by atoms with Crippen molar-refractivity contribution in [2.75, 3.05) is 42.9 Å². The largest absolute Gasteiger partial charge is 0.344 e. The maximum absolute atomic E-state index is 13.1. The topological polar surface area (TPSA) is 65.8 Å². The molecule has 0 bridgehead atoms. The molecule has 0 atom stereocenters. The molecular formula is C22H20ClFN6OS. The summed E-state index contributed by atoms with van der Waals surface area (Å²) in [4.78, 5) is 22.1. The van der Waals surface area contributed by atoms with Gasteiger partial charge in [0.05, 0.1) is 18.4 Å². The molecule has 4 aromatic rings. The lowest BCUT2D eigenvalue weighted by molar-refractivity contribution is -0.117. The first-order valence-corrected chi connectivity index (χ1v) is 11.4. The van der Waals surface area contributed by atoms with Gasteiger partial charge in [0.15, 0.2) is 0 Å². The van der Waals surface area contributed by atoms with Gasteiger partial charge < -0.3 is 10.2 Å². The molecule has 1 amide bonds. The lowest BCUT2D eigenvalue weighted by Gasteiger charge is -2.33. The Hall–Kier alpha value is -3.01. The number of rotatable bonds is 5. The van der Waals surface area contributed by atoms with Crippen LogP contribution in [0.1, 0.15) is 0 Å². The van der Waals surface area contributed by atoms with Crippen molar-refractivity contribution in [3.63, 3.8) is 0 Å². The summed E-state index contributed by atoms with van der Waals surface area (Å²) >= 11 is 7.40. The van der Waals surface area contributed by atoms with E-state index in [0.717, 1.165) is 53.2 Å². The lowest BCUT2D eigenvalue weighted by Crippen LogP contribution is -2.48. The zero-order valence-corrected chi connectivity index (χ0v) is 18.6. The molecule has 7 nitrogen and oxygen atoms in total. The molecule has 0 saturated carbocycles. The van der Waals surface area contributed by atoms with Gasteiger partial charge in [0.1, 0.15) is 5.82 Å². The zero-order chi connectivity index (χ0) is 22.1. The van der Waals surface area contributed by atoms with Crippen LogP contribution in [0.2, 0.25) is 5.02 Å². The van der Waals surface area contributed by atoms with Crippen LogP contribution in [0.4, 0.5) is 15.2 Å². The Kier molecular flexibility index (Phi) is 5.77. The Morgan fingerprint density at radius 3 is 2.47 bits per heavy atom. The number of fused-ring (bicyclic) bond motifs is 1. The van der Waals surface area contributed by atoms with Crippen LogP contribution in [0.3, 0.4) is 0 Å². The van der Waals surface area contributed by atoms with Crippen LogP contribution in [-0.2, 0) is 4.79 Å². The summed E-state index contributed by atoms with van der Waals surface area (Å²) in [6.07, 6.45) is 1.86. The molecule has 1 fully saturated rings. The molecule has 1 aliphatic heterocycles. The van der Waals surface area contributed by atoms with Gasteiger partial charge in [-0.05, 0) is 48.5 Å². The quantitative estimate of drug-likeness (QED) is 0.477. The van der Waals surface area contributed by atoms with Gasteiger partial charge in [-0.25, -0.2) is 13.9 Å². The number of benzene rings is 2. The van der Waals surface area contributed by atoms with Crippen LogP contribution in [0.25, 0.3) is 16.2 Å². The third-order valence-electron chi connectivity index (χ3n) is 5.31. The van der Waals surface area contributed by atoms with Crippen molar-refractivity contribution in [3.8, 4) is 11.3 Å². The first-order chi connectivity index (χ1) is 15.5. The van der Waals surface area contributed by atoms with E-state index in [1.807, 2.05) is 6.20 Å². The Bertz CT molecular complexity index is 1200. The number of piperazine rings is 1. The molecule has 164 valence electrons. The lowest BCUT2D eigenvalue weighted by atomic mass is 10.2. The van der Waals surface area contributed by atoms with Gasteiger partial charge in [-0.1, -0.05) is 22.9 Å². The highest BCUT2D eigenvalue weighted by Gasteiger charge is 2.22. The number of carbonyl (C=O) groups is 1. The molecule has 10 heteroatoms. The fourth-order valence-electron chi connectivity index (χ4n) is 3.61. The highest BCUT2D eigenvalue weighted by Crippen LogP contribution is 2.27. The van der Waals surface area contributed by atoms with Crippen molar-refractivity contribution in [2.45, 2.75) is 0 Å². The summed E-state index contributed by atoms with van der Waals surface area (Å²) in [6.45, 7) is 3.47. The fourth-order valence-corrected chi connectivity index (χ4v) is 4.67. The normalized spacial score (nSPS) is 14.8. The highest BCUT2D eigenvalue weighted by atomic mass is 35.5. The zero-order valence-electron chi connectivity index (χ0n) is 17.0. The van der Waals surface area contributed by atoms with Crippen molar-refractivity contribution < 1.29 is 9.18 Å². The number of aromatic nitrogens is 3. The van der Waals surface area contributed by atoms with Gasteiger partial charge in [-0.2, -0.15) is 0 Å². The molecule has 2 aromatic heterocycles. The van der Waals surface area contributed by atoms with Gasteiger partial charge in [0, 0.05) is 42.5 Å². The average molecular weight is 471 g/mol. The number of amides is 1. The standard InChI is InChI=1S/C22H20ClFN6OS/c23-16-3-7-18(8-4-16)25-20(31)14-28-9-11-29(12-10-28)22-27-30-13-19(26-21(30)32-22)15-1-5-17(24)6-2-15/h1-8,13H,9-12,14H2,(H,25,31). The Morgan fingerprint density at radius 1 is 1.06 bits per heavy atom. The first kappa shape index (κ1) is 20.9. The SMILES string of the molecule is O=C(CN1CCN(c2nn3cc(-c4ccc(F)cc4)nc3s2)CC1)Nc1ccc(Cl)cc1. The van der Waals surface area contributed by atoms with E-state index in [-0.39, 0.29) is 11.7 Å². The van der Waals surface area contributed by atoms with Crippen LogP contribution in [-0.4, -0.2) is 58.1 Å². The Balaban J connectivity index is 1.17. The fraction of sp³-hybridized carbons (Fsp3) is 0.227. The Morgan fingerprint density at radius 2 is 1.78 bits per heavy atom. The van der Waals surface area contributed by atoms with Gasteiger partial charge >= 0.3 is 0 Å². The van der Waals surface area contributed by atoms with Crippen LogP contribution < -0.4 is 10.2 Å². The highest BCUT2D eigenvalue weighted by molar-refractivity contribution is 7.20. The second-order valence-electron chi connectivity index (χ2n) is 7.56. The van der Waals surface area contributed by atoms with Gasteiger partial charge in [-0.3, -0.25) is 9.69 Å². The minimum atomic E-state index is -0.267. The number of halogens is 2. The number of anilines is 2. The van der Waals surface area contributed by atoms with Crippen molar-refractivity contribution >= 4 is 44.6 Å². The van der Waals surface area contributed by atoms with Crippen molar-refractivity contribution in [1.82, 2.24) is 19.5 Å². The smallest absolute Gasteiger partial charge is 0.238 e. The molecule has 3 heterocycles. The second kappa shape index (κ2) is 8.85. The van der Waals surface area contributed by atoms with Crippen LogP contribution >= 0.6 is 22.9 Å². The third-order valence-corrected chi connectivity index (χ3v) is 6.55. The number of nitrogens with one attached hydrogen (secondary N) is 1. The van der Waals surface area contributed by atoms with Crippen LogP contribution in [0.5, 0.6) is 0 Å². The molecule has 0 aliphatic carbocycles. The minimum absolute atomic E-state index is 0.0400. The molecule has 0 unspecified atom stereocenters. The van der Waals surface area contributed by atoms with Gasteiger partial charge in [0.2, 0.25) is 16.0 Å². The number of hydrogen-bond donors (Lipinski definition) is 1. The number of imidazole rings is 1. The van der Waals surface area contributed by atoms with E-state index in [1.165, 1.54) is 23.5 Å². The summed E-state index contributed by atoms with van der Waals surface area (Å²) in [5.74, 6) is -0.307. The third kappa shape index (κ3) is 4.59. The number of nitrogens with zero attached hydrogens (tertiary/aromatic N) is 5. The van der Waals surface area contributed by atoms with E-state index in [0.29, 0.717) is 11.6 Å². The maximum Gasteiger partial charge on any atom is 0.238 e. The van der Waals surface area contributed by atoms with Gasteiger partial charge in [-0.15, -0.1) is 5.10 Å². The monoisotopic (exact) mass is 470 g/mol. The molecule has 0 radical (unpaired) electrons. The summed E-state index contributed by atoms with van der Waals surface area (Å²) in [5.41, 5.74) is 2.37. The number of hydrogen-bond acceptors (Lipinski definition) is 6. The molecule has 5 rings (SSSR count). The van der Waals surface area contributed by atoms with Crippen LogP contribution in [0, 0.1) is 5.82 Å². The maximum atomic E-state index is 13.1. The molecule has 2 aromatic carbocycles.